The average Bonchev–Trinajstić information content (AvgIpc) is 2.97. The molecule has 0 spiro atoms. The van der Waals surface area contributed by atoms with Gasteiger partial charge in [-0.05, 0) is 30.7 Å². The lowest BCUT2D eigenvalue weighted by atomic mass is 9.81. The SMILES string of the molecule is Fc1ccc2c(c1)[C@@H]1OCC[C@@H]1[C@H](c1ccccc1F)N2. The van der Waals surface area contributed by atoms with Gasteiger partial charge in [0.05, 0.1) is 12.1 Å². The smallest absolute Gasteiger partial charge is 0.128 e. The van der Waals surface area contributed by atoms with Crippen molar-refractivity contribution in [2.24, 2.45) is 5.92 Å². The first-order valence-corrected chi connectivity index (χ1v) is 7.16. The number of benzene rings is 2. The van der Waals surface area contributed by atoms with E-state index in [1.54, 1.807) is 18.2 Å². The number of fused-ring (bicyclic) bond motifs is 3. The van der Waals surface area contributed by atoms with Crippen LogP contribution in [0.1, 0.15) is 29.7 Å². The number of rotatable bonds is 1. The molecule has 2 aromatic carbocycles. The second kappa shape index (κ2) is 4.81. The lowest BCUT2D eigenvalue weighted by Gasteiger charge is -2.36. The first-order chi connectivity index (χ1) is 10.2. The number of halogens is 2. The highest BCUT2D eigenvalue weighted by molar-refractivity contribution is 5.57. The maximum atomic E-state index is 14.1. The molecule has 2 aliphatic rings. The molecule has 0 aliphatic carbocycles. The highest BCUT2D eigenvalue weighted by Gasteiger charge is 2.42. The molecule has 2 aromatic rings. The summed E-state index contributed by atoms with van der Waals surface area (Å²) in [6.07, 6.45) is 0.675. The molecule has 0 aromatic heterocycles. The molecule has 2 heterocycles. The highest BCUT2D eigenvalue weighted by atomic mass is 19.1. The number of nitrogens with one attached hydrogen (secondary N) is 1. The molecule has 2 aliphatic heterocycles. The van der Waals surface area contributed by atoms with E-state index >= 15 is 0 Å². The second-order valence-corrected chi connectivity index (χ2v) is 5.62. The zero-order chi connectivity index (χ0) is 14.4. The molecule has 0 unspecified atom stereocenters. The zero-order valence-electron chi connectivity index (χ0n) is 11.4. The number of hydrogen-bond donors (Lipinski definition) is 1. The van der Waals surface area contributed by atoms with Gasteiger partial charge in [0.15, 0.2) is 0 Å². The molecule has 0 radical (unpaired) electrons. The minimum Gasteiger partial charge on any atom is -0.377 e. The van der Waals surface area contributed by atoms with Crippen molar-refractivity contribution in [3.63, 3.8) is 0 Å². The van der Waals surface area contributed by atoms with E-state index in [0.29, 0.717) is 12.2 Å². The summed E-state index contributed by atoms with van der Waals surface area (Å²) in [6.45, 7) is 0.623. The van der Waals surface area contributed by atoms with Crippen LogP contribution in [0.3, 0.4) is 0 Å². The van der Waals surface area contributed by atoms with E-state index in [2.05, 4.69) is 5.32 Å². The highest BCUT2D eigenvalue weighted by Crippen LogP contribution is 2.50. The molecule has 3 atom stereocenters. The van der Waals surface area contributed by atoms with Gasteiger partial charge in [-0.15, -0.1) is 0 Å². The monoisotopic (exact) mass is 287 g/mol. The first kappa shape index (κ1) is 12.8. The molecule has 4 heteroatoms. The lowest BCUT2D eigenvalue weighted by molar-refractivity contribution is 0.0823. The molecule has 108 valence electrons. The van der Waals surface area contributed by atoms with E-state index in [0.717, 1.165) is 17.7 Å². The minimum absolute atomic E-state index is 0.121. The number of ether oxygens (including phenoxy) is 1. The van der Waals surface area contributed by atoms with E-state index in [1.807, 2.05) is 6.07 Å². The van der Waals surface area contributed by atoms with Crippen LogP contribution in [-0.4, -0.2) is 6.61 Å². The van der Waals surface area contributed by atoms with Gasteiger partial charge in [-0.1, -0.05) is 18.2 Å². The third kappa shape index (κ3) is 2.02. The van der Waals surface area contributed by atoms with Crippen molar-refractivity contribution in [1.29, 1.82) is 0 Å². The van der Waals surface area contributed by atoms with E-state index in [9.17, 15) is 8.78 Å². The van der Waals surface area contributed by atoms with E-state index in [-0.39, 0.29) is 29.7 Å². The van der Waals surface area contributed by atoms with Crippen molar-refractivity contribution in [1.82, 2.24) is 0 Å². The van der Waals surface area contributed by atoms with Crippen LogP contribution in [0.5, 0.6) is 0 Å². The predicted octanol–water partition coefficient (Wildman–Crippen LogP) is 4.21. The fraction of sp³-hybridized carbons (Fsp3) is 0.294. The molecule has 21 heavy (non-hydrogen) atoms. The molecule has 0 bridgehead atoms. The Bertz CT molecular complexity index is 688. The van der Waals surface area contributed by atoms with Gasteiger partial charge in [0, 0.05) is 29.3 Å². The van der Waals surface area contributed by atoms with Gasteiger partial charge in [0.1, 0.15) is 11.6 Å². The molecule has 0 saturated carbocycles. The van der Waals surface area contributed by atoms with E-state index in [1.165, 1.54) is 18.2 Å². The second-order valence-electron chi connectivity index (χ2n) is 5.62. The van der Waals surface area contributed by atoms with Gasteiger partial charge >= 0.3 is 0 Å². The molecule has 1 N–H and O–H groups in total. The lowest BCUT2D eigenvalue weighted by Crippen LogP contribution is -2.30. The summed E-state index contributed by atoms with van der Waals surface area (Å²) in [7, 11) is 0. The van der Waals surface area contributed by atoms with Crippen LogP contribution in [0.4, 0.5) is 14.5 Å². The van der Waals surface area contributed by atoms with Crippen molar-refractivity contribution < 1.29 is 13.5 Å². The van der Waals surface area contributed by atoms with Crippen LogP contribution in [-0.2, 0) is 4.74 Å². The van der Waals surface area contributed by atoms with Gasteiger partial charge in [0.25, 0.3) is 0 Å². The van der Waals surface area contributed by atoms with Crippen molar-refractivity contribution >= 4 is 5.69 Å². The van der Waals surface area contributed by atoms with Crippen molar-refractivity contribution in [3.05, 3.63) is 65.2 Å². The normalized spacial score (nSPS) is 26.9. The Balaban J connectivity index is 1.81. The van der Waals surface area contributed by atoms with Crippen LogP contribution in [0.25, 0.3) is 0 Å². The topological polar surface area (TPSA) is 21.3 Å². The predicted molar refractivity (Wildman–Crippen MR) is 76.0 cm³/mol. The van der Waals surface area contributed by atoms with Gasteiger partial charge in [-0.3, -0.25) is 0 Å². The Morgan fingerprint density at radius 1 is 1.05 bits per heavy atom. The average molecular weight is 287 g/mol. The summed E-state index contributed by atoms with van der Waals surface area (Å²) in [5.41, 5.74) is 2.31. The molecular weight excluding hydrogens is 272 g/mol. The number of anilines is 1. The fourth-order valence-corrected chi connectivity index (χ4v) is 3.48. The van der Waals surface area contributed by atoms with Crippen LogP contribution in [0.15, 0.2) is 42.5 Å². The van der Waals surface area contributed by atoms with Crippen molar-refractivity contribution in [2.75, 3.05) is 11.9 Å². The maximum absolute atomic E-state index is 14.1. The maximum Gasteiger partial charge on any atom is 0.128 e. The van der Waals surface area contributed by atoms with Gasteiger partial charge in [-0.25, -0.2) is 8.78 Å². The Kier molecular flexibility index (Phi) is 2.93. The van der Waals surface area contributed by atoms with Crippen molar-refractivity contribution in [2.45, 2.75) is 18.6 Å². The quantitative estimate of drug-likeness (QED) is 0.848. The summed E-state index contributed by atoms with van der Waals surface area (Å²) in [4.78, 5) is 0. The summed E-state index contributed by atoms with van der Waals surface area (Å²) in [5.74, 6) is -0.364. The van der Waals surface area contributed by atoms with Crippen LogP contribution < -0.4 is 5.32 Å². The minimum atomic E-state index is -0.269. The largest absolute Gasteiger partial charge is 0.377 e. The summed E-state index contributed by atoms with van der Waals surface area (Å²) >= 11 is 0. The van der Waals surface area contributed by atoms with Gasteiger partial charge in [-0.2, -0.15) is 0 Å². The first-order valence-electron chi connectivity index (χ1n) is 7.16. The Labute approximate surface area is 121 Å². The summed E-state index contributed by atoms with van der Waals surface area (Å²) in [6, 6.07) is 11.3. The van der Waals surface area contributed by atoms with Gasteiger partial charge in [0.2, 0.25) is 0 Å². The van der Waals surface area contributed by atoms with Crippen LogP contribution in [0, 0.1) is 17.6 Å². The van der Waals surface area contributed by atoms with Crippen LogP contribution >= 0.6 is 0 Å². The fourth-order valence-electron chi connectivity index (χ4n) is 3.48. The molecule has 4 rings (SSSR count). The third-order valence-corrected chi connectivity index (χ3v) is 4.44. The molecule has 0 amide bonds. The Morgan fingerprint density at radius 2 is 1.90 bits per heavy atom. The van der Waals surface area contributed by atoms with E-state index in [4.69, 9.17) is 4.74 Å². The van der Waals surface area contributed by atoms with Gasteiger partial charge < -0.3 is 10.1 Å². The van der Waals surface area contributed by atoms with Crippen LogP contribution in [0.2, 0.25) is 0 Å². The Morgan fingerprint density at radius 3 is 2.76 bits per heavy atom. The third-order valence-electron chi connectivity index (χ3n) is 4.44. The summed E-state index contributed by atoms with van der Waals surface area (Å²) < 4.78 is 33.4. The molecular formula is C17H15F2NO. The zero-order valence-corrected chi connectivity index (χ0v) is 11.4. The van der Waals surface area contributed by atoms with E-state index < -0.39 is 0 Å². The summed E-state index contributed by atoms with van der Waals surface area (Å²) in [5, 5.41) is 3.37. The molecule has 1 saturated heterocycles. The molecule has 1 fully saturated rings. The molecule has 2 nitrogen and oxygen atoms in total. The van der Waals surface area contributed by atoms with Crippen molar-refractivity contribution in [3.8, 4) is 0 Å². The Hall–Kier alpha value is -1.94. The number of hydrogen-bond acceptors (Lipinski definition) is 2. The standard InChI is InChI=1S/C17H15F2NO/c18-10-5-6-15-13(9-10)17-12(7-8-21-17)16(20-15)11-3-1-2-4-14(11)19/h1-6,9,12,16-17,20H,7-8H2/t12-,16+,17-/m1/s1.